The molecule has 0 saturated heterocycles. The van der Waals surface area contributed by atoms with Gasteiger partial charge in [-0.25, -0.2) is 4.98 Å². The van der Waals surface area contributed by atoms with Crippen LogP contribution in [0.4, 0.5) is 10.8 Å². The van der Waals surface area contributed by atoms with E-state index in [0.717, 1.165) is 5.69 Å². The van der Waals surface area contributed by atoms with Crippen LogP contribution in [0.3, 0.4) is 0 Å². The zero-order chi connectivity index (χ0) is 18.4. The van der Waals surface area contributed by atoms with E-state index in [1.54, 1.807) is 6.92 Å². The number of benzene rings is 1. The Kier molecular flexibility index (Phi) is 6.01. The maximum atomic E-state index is 11.5. The molecule has 25 heavy (non-hydrogen) atoms. The minimum Gasteiger partial charge on any atom is -0.485 e. The van der Waals surface area contributed by atoms with Crippen LogP contribution in [0.1, 0.15) is 25.1 Å². The lowest BCUT2D eigenvalue weighted by Crippen LogP contribution is -2.07. The Morgan fingerprint density at radius 1 is 1.52 bits per heavy atom. The van der Waals surface area contributed by atoms with Crippen molar-refractivity contribution in [3.8, 4) is 11.5 Å². The first-order chi connectivity index (χ1) is 11.9. The second kappa shape index (κ2) is 8.20. The van der Waals surface area contributed by atoms with Gasteiger partial charge in [-0.05, 0) is 26.0 Å². The van der Waals surface area contributed by atoms with Crippen LogP contribution in [-0.4, -0.2) is 28.7 Å². The third-order valence-corrected chi connectivity index (χ3v) is 3.70. The summed E-state index contributed by atoms with van der Waals surface area (Å²) in [6.07, 6.45) is 1.29. The smallest absolute Gasteiger partial charge is 0.323 e. The van der Waals surface area contributed by atoms with Gasteiger partial charge in [0, 0.05) is 12.3 Å². The van der Waals surface area contributed by atoms with Gasteiger partial charge in [0.2, 0.25) is 10.9 Å². The topological polar surface area (TPSA) is 116 Å². The minimum atomic E-state index is -0.604. The maximum absolute atomic E-state index is 11.5. The number of rotatable bonds is 7. The van der Waals surface area contributed by atoms with Gasteiger partial charge in [0.1, 0.15) is 0 Å². The van der Waals surface area contributed by atoms with Crippen LogP contribution in [-0.2, 0) is 4.79 Å². The van der Waals surface area contributed by atoms with Crippen LogP contribution in [0.2, 0.25) is 0 Å². The lowest BCUT2D eigenvalue weighted by Gasteiger charge is -2.11. The Hall–Kier alpha value is -3.01. The third kappa shape index (κ3) is 4.73. The van der Waals surface area contributed by atoms with E-state index in [9.17, 15) is 14.9 Å². The van der Waals surface area contributed by atoms with Gasteiger partial charge < -0.3 is 9.47 Å². The number of thiazole rings is 1. The molecule has 0 fully saturated rings. The number of ether oxygens (including phenoxy) is 2. The molecule has 0 atom stereocenters. The second-order valence-corrected chi connectivity index (χ2v) is 5.64. The van der Waals surface area contributed by atoms with Crippen molar-refractivity contribution in [1.29, 1.82) is 0 Å². The van der Waals surface area contributed by atoms with Crippen LogP contribution in [0.5, 0.6) is 11.5 Å². The van der Waals surface area contributed by atoms with E-state index in [-0.39, 0.29) is 29.4 Å². The molecule has 1 heterocycles. The lowest BCUT2D eigenvalue weighted by atomic mass is 10.1. The molecule has 1 aromatic carbocycles. The Balaban J connectivity index is 2.37. The summed E-state index contributed by atoms with van der Waals surface area (Å²) in [6.45, 7) is 4.90. The molecule has 1 N–H and O–H groups in total. The van der Waals surface area contributed by atoms with E-state index in [2.05, 4.69) is 15.5 Å². The van der Waals surface area contributed by atoms with Crippen LogP contribution >= 0.6 is 11.3 Å². The molecule has 10 heteroatoms. The van der Waals surface area contributed by atoms with Gasteiger partial charge in [0.05, 0.1) is 29.0 Å². The molecule has 0 saturated carbocycles. The molecule has 0 aliphatic carbocycles. The fourth-order valence-corrected chi connectivity index (χ4v) is 2.58. The Morgan fingerprint density at radius 2 is 2.28 bits per heavy atom. The number of nitrogens with one attached hydrogen (secondary N) is 1. The van der Waals surface area contributed by atoms with Gasteiger partial charge in [-0.1, -0.05) is 0 Å². The molecule has 0 amide bonds. The molecule has 0 spiro atoms. The van der Waals surface area contributed by atoms with Crippen molar-refractivity contribution in [3.05, 3.63) is 38.9 Å². The van der Waals surface area contributed by atoms with Gasteiger partial charge in [-0.2, -0.15) is 5.10 Å². The number of nitrogens with zero attached hydrogens (tertiary/aromatic N) is 3. The highest BCUT2D eigenvalue weighted by atomic mass is 32.1. The van der Waals surface area contributed by atoms with Crippen molar-refractivity contribution >= 4 is 34.3 Å². The quantitative estimate of drug-likeness (QED) is 0.264. The Morgan fingerprint density at radius 3 is 2.84 bits per heavy atom. The molecule has 9 nitrogen and oxygen atoms in total. The normalized spacial score (nSPS) is 10.7. The standard InChI is InChI=1S/C15H16N4O5S/c1-4-23-14-12(24-10(3)20)6-5-11(13(14)19(21)22)7-16-18-15-17-9(2)8-25-15/h5-8H,4H2,1-3H3,(H,17,18). The maximum Gasteiger partial charge on any atom is 0.323 e. The van der Waals surface area contributed by atoms with E-state index in [0.29, 0.717) is 5.13 Å². The van der Waals surface area contributed by atoms with Gasteiger partial charge in [0.25, 0.3) is 0 Å². The third-order valence-electron chi connectivity index (χ3n) is 2.83. The van der Waals surface area contributed by atoms with Crippen molar-refractivity contribution < 1.29 is 19.2 Å². The summed E-state index contributed by atoms with van der Waals surface area (Å²) >= 11 is 1.36. The molecule has 2 aromatic rings. The highest BCUT2D eigenvalue weighted by Gasteiger charge is 2.25. The number of nitro groups is 1. The molecular weight excluding hydrogens is 348 g/mol. The number of hydrazone groups is 1. The second-order valence-electron chi connectivity index (χ2n) is 4.78. The molecule has 1 aromatic heterocycles. The molecule has 0 unspecified atom stereocenters. The predicted molar refractivity (Wildman–Crippen MR) is 93.6 cm³/mol. The number of aryl methyl sites for hydroxylation is 1. The average molecular weight is 364 g/mol. The number of esters is 1. The molecule has 0 aliphatic heterocycles. The summed E-state index contributed by atoms with van der Waals surface area (Å²) in [5.74, 6) is -0.726. The summed E-state index contributed by atoms with van der Waals surface area (Å²) in [4.78, 5) is 26.2. The van der Waals surface area contributed by atoms with Gasteiger partial charge >= 0.3 is 11.7 Å². The number of hydrogen-bond donors (Lipinski definition) is 1. The zero-order valence-corrected chi connectivity index (χ0v) is 14.6. The van der Waals surface area contributed by atoms with Crippen molar-refractivity contribution in [1.82, 2.24) is 4.98 Å². The predicted octanol–water partition coefficient (Wildman–Crippen LogP) is 3.13. The monoisotopic (exact) mass is 364 g/mol. The minimum absolute atomic E-state index is 0.0123. The lowest BCUT2D eigenvalue weighted by molar-refractivity contribution is -0.386. The fourth-order valence-electron chi connectivity index (χ4n) is 1.94. The molecule has 0 bridgehead atoms. The number of hydrogen-bond acceptors (Lipinski definition) is 9. The summed E-state index contributed by atoms with van der Waals surface area (Å²) in [7, 11) is 0. The number of aromatic nitrogens is 1. The summed E-state index contributed by atoms with van der Waals surface area (Å²) in [6, 6.07) is 2.85. The van der Waals surface area contributed by atoms with E-state index in [1.165, 1.54) is 36.6 Å². The molecular formula is C15H16N4O5S. The molecule has 132 valence electrons. The fraction of sp³-hybridized carbons (Fsp3) is 0.267. The average Bonchev–Trinajstić information content (AvgIpc) is 2.94. The number of anilines is 1. The first-order valence-corrected chi connectivity index (χ1v) is 8.14. The van der Waals surface area contributed by atoms with Crippen LogP contribution in [0, 0.1) is 17.0 Å². The zero-order valence-electron chi connectivity index (χ0n) is 13.8. The first-order valence-electron chi connectivity index (χ1n) is 7.26. The van der Waals surface area contributed by atoms with Crippen LogP contribution in [0.15, 0.2) is 22.6 Å². The van der Waals surface area contributed by atoms with E-state index < -0.39 is 10.9 Å². The van der Waals surface area contributed by atoms with Crippen molar-refractivity contribution in [2.24, 2.45) is 5.10 Å². The highest BCUT2D eigenvalue weighted by molar-refractivity contribution is 7.13. The van der Waals surface area contributed by atoms with Crippen molar-refractivity contribution in [2.45, 2.75) is 20.8 Å². The highest BCUT2D eigenvalue weighted by Crippen LogP contribution is 2.39. The molecule has 0 radical (unpaired) electrons. The number of carbonyl (C=O) groups excluding carboxylic acids is 1. The Bertz CT molecular complexity index is 818. The van der Waals surface area contributed by atoms with Crippen molar-refractivity contribution in [3.63, 3.8) is 0 Å². The summed E-state index contributed by atoms with van der Waals surface area (Å²) in [5.41, 5.74) is 3.42. The van der Waals surface area contributed by atoms with Gasteiger partial charge in [-0.15, -0.1) is 11.3 Å². The van der Waals surface area contributed by atoms with Gasteiger partial charge in [0.15, 0.2) is 5.75 Å². The van der Waals surface area contributed by atoms with E-state index in [1.807, 2.05) is 12.3 Å². The largest absolute Gasteiger partial charge is 0.485 e. The first kappa shape index (κ1) is 18.3. The molecule has 0 aliphatic rings. The van der Waals surface area contributed by atoms with Crippen molar-refractivity contribution in [2.75, 3.05) is 12.0 Å². The van der Waals surface area contributed by atoms with Gasteiger partial charge in [-0.3, -0.25) is 20.3 Å². The van der Waals surface area contributed by atoms with E-state index in [4.69, 9.17) is 9.47 Å². The Labute approximate surface area is 147 Å². The molecule has 2 rings (SSSR count). The van der Waals surface area contributed by atoms with Crippen LogP contribution < -0.4 is 14.9 Å². The number of nitro benzene ring substituents is 1. The summed E-state index contributed by atoms with van der Waals surface area (Å²) in [5, 5.41) is 17.9. The number of carbonyl (C=O) groups is 1. The van der Waals surface area contributed by atoms with E-state index >= 15 is 0 Å². The SMILES string of the molecule is CCOc1c(OC(C)=O)ccc(C=NNc2nc(C)cs2)c1[N+](=O)[O-]. The summed E-state index contributed by atoms with van der Waals surface area (Å²) < 4.78 is 10.3. The van der Waals surface area contributed by atoms with Crippen LogP contribution in [0.25, 0.3) is 0 Å².